The zero-order valence-corrected chi connectivity index (χ0v) is 10.5. The van der Waals surface area contributed by atoms with Gasteiger partial charge in [0, 0.05) is 0 Å². The Morgan fingerprint density at radius 3 is 2.69 bits per heavy atom. The molecule has 16 heavy (non-hydrogen) atoms. The van der Waals surface area contributed by atoms with E-state index < -0.39 is 6.10 Å². The molecule has 0 saturated carbocycles. The second kappa shape index (κ2) is 5.17. The van der Waals surface area contributed by atoms with Crippen molar-refractivity contribution in [2.24, 2.45) is 0 Å². The molecule has 0 radical (unpaired) electrons. The number of fused-ring (bicyclic) bond motifs is 1. The van der Waals surface area contributed by atoms with Crippen LogP contribution in [-0.2, 0) is 12.8 Å². The number of aryl methyl sites for hydroxylation is 2. The Kier molecular flexibility index (Phi) is 3.84. The summed E-state index contributed by atoms with van der Waals surface area (Å²) < 4.78 is 6.37. The van der Waals surface area contributed by atoms with Crippen LogP contribution < -0.4 is 4.74 Å². The Hall–Kier alpha value is -0.580. The molecule has 0 amide bonds. The highest BCUT2D eigenvalue weighted by atomic mass is 79.9. The van der Waals surface area contributed by atoms with Crippen molar-refractivity contribution in [3.63, 3.8) is 0 Å². The van der Waals surface area contributed by atoms with Gasteiger partial charge in [0.1, 0.15) is 18.5 Å². The molecular formula is C12H15BrO3. The van der Waals surface area contributed by atoms with Crippen LogP contribution in [0.4, 0.5) is 0 Å². The van der Waals surface area contributed by atoms with E-state index in [9.17, 15) is 5.11 Å². The molecule has 0 bridgehead atoms. The maximum absolute atomic E-state index is 9.21. The molecule has 1 aliphatic rings. The van der Waals surface area contributed by atoms with Gasteiger partial charge >= 0.3 is 0 Å². The molecule has 1 unspecified atom stereocenters. The molecule has 1 aromatic rings. The fourth-order valence-corrected chi connectivity index (χ4v) is 2.43. The first kappa shape index (κ1) is 11.9. The van der Waals surface area contributed by atoms with Gasteiger partial charge in [-0.15, -0.1) is 0 Å². The van der Waals surface area contributed by atoms with Crippen molar-refractivity contribution in [3.8, 4) is 5.75 Å². The van der Waals surface area contributed by atoms with Crippen molar-refractivity contribution in [2.75, 3.05) is 13.2 Å². The second-order valence-corrected chi connectivity index (χ2v) is 4.91. The van der Waals surface area contributed by atoms with Gasteiger partial charge in [0.05, 0.1) is 11.1 Å². The molecule has 88 valence electrons. The smallest absolute Gasteiger partial charge is 0.133 e. The van der Waals surface area contributed by atoms with Crippen molar-refractivity contribution < 1.29 is 14.9 Å². The fourth-order valence-electron chi connectivity index (χ4n) is 1.92. The molecule has 2 N–H and O–H groups in total. The molecule has 0 heterocycles. The highest BCUT2D eigenvalue weighted by Gasteiger charge is 2.15. The van der Waals surface area contributed by atoms with E-state index in [2.05, 4.69) is 22.0 Å². The number of hydrogen-bond donors (Lipinski definition) is 2. The fraction of sp³-hybridized carbons (Fsp3) is 0.500. The molecule has 1 atom stereocenters. The number of ether oxygens (including phenoxy) is 1. The van der Waals surface area contributed by atoms with Gasteiger partial charge < -0.3 is 14.9 Å². The third-order valence-corrected chi connectivity index (χ3v) is 3.41. The van der Waals surface area contributed by atoms with E-state index in [4.69, 9.17) is 9.84 Å². The summed E-state index contributed by atoms with van der Waals surface area (Å²) in [4.78, 5) is 0. The van der Waals surface area contributed by atoms with Gasteiger partial charge in [0.2, 0.25) is 0 Å². The van der Waals surface area contributed by atoms with E-state index in [-0.39, 0.29) is 13.2 Å². The van der Waals surface area contributed by atoms with Gasteiger partial charge in [-0.05, 0) is 58.5 Å². The van der Waals surface area contributed by atoms with Gasteiger partial charge in [-0.1, -0.05) is 0 Å². The van der Waals surface area contributed by atoms with Crippen molar-refractivity contribution in [2.45, 2.75) is 25.4 Å². The summed E-state index contributed by atoms with van der Waals surface area (Å²) in [5.74, 6) is 0.744. The summed E-state index contributed by atoms with van der Waals surface area (Å²) in [6, 6.07) is 4.11. The van der Waals surface area contributed by atoms with Crippen LogP contribution in [0.2, 0.25) is 0 Å². The topological polar surface area (TPSA) is 49.7 Å². The van der Waals surface area contributed by atoms with Crippen molar-refractivity contribution in [1.29, 1.82) is 0 Å². The number of benzene rings is 1. The Bertz CT molecular complexity index is 379. The number of aliphatic hydroxyl groups is 2. The van der Waals surface area contributed by atoms with Crippen LogP contribution in [0.3, 0.4) is 0 Å². The van der Waals surface area contributed by atoms with Crippen LogP contribution in [0.5, 0.6) is 5.75 Å². The number of halogens is 1. The van der Waals surface area contributed by atoms with Crippen LogP contribution in [0, 0.1) is 0 Å². The predicted molar refractivity (Wildman–Crippen MR) is 64.8 cm³/mol. The molecule has 0 aromatic heterocycles. The molecule has 2 rings (SSSR count). The van der Waals surface area contributed by atoms with Crippen LogP contribution in [-0.4, -0.2) is 29.5 Å². The van der Waals surface area contributed by atoms with Gasteiger partial charge in [-0.25, -0.2) is 0 Å². The summed E-state index contributed by atoms with van der Waals surface area (Å²) in [5, 5.41) is 17.9. The van der Waals surface area contributed by atoms with E-state index in [1.165, 1.54) is 17.5 Å². The average Bonchev–Trinajstić information content (AvgIpc) is 2.72. The third kappa shape index (κ3) is 2.56. The molecule has 0 fully saturated rings. The van der Waals surface area contributed by atoms with Gasteiger partial charge in [-0.2, -0.15) is 0 Å². The summed E-state index contributed by atoms with van der Waals surface area (Å²) in [6.45, 7) is -0.156. The standard InChI is InChI=1S/C12H15BrO3/c13-11-4-8-2-1-3-9(8)5-12(11)16-7-10(15)6-14/h4-5,10,14-15H,1-3,6-7H2. The minimum atomic E-state index is -0.819. The molecule has 0 saturated heterocycles. The Balaban J connectivity index is 2.09. The first-order valence-electron chi connectivity index (χ1n) is 5.43. The summed E-state index contributed by atoms with van der Waals surface area (Å²) in [5.41, 5.74) is 2.71. The van der Waals surface area contributed by atoms with Crippen LogP contribution in [0.15, 0.2) is 16.6 Å². The van der Waals surface area contributed by atoms with Crippen LogP contribution in [0.1, 0.15) is 17.5 Å². The minimum absolute atomic E-state index is 0.119. The highest BCUT2D eigenvalue weighted by molar-refractivity contribution is 9.10. The SMILES string of the molecule is OCC(O)COc1cc2c(cc1Br)CCC2. The summed E-state index contributed by atoms with van der Waals surface area (Å²) in [6.07, 6.45) is 2.61. The Labute approximate surface area is 103 Å². The summed E-state index contributed by atoms with van der Waals surface area (Å²) in [7, 11) is 0. The molecular weight excluding hydrogens is 272 g/mol. The molecule has 0 spiro atoms. The van der Waals surface area contributed by atoms with E-state index in [1.54, 1.807) is 0 Å². The lowest BCUT2D eigenvalue weighted by Crippen LogP contribution is -2.21. The van der Waals surface area contributed by atoms with E-state index in [0.717, 1.165) is 23.1 Å². The lowest BCUT2D eigenvalue weighted by atomic mass is 10.1. The third-order valence-electron chi connectivity index (χ3n) is 2.79. The predicted octanol–water partition coefficient (Wildman–Crippen LogP) is 1.67. The monoisotopic (exact) mass is 286 g/mol. The Morgan fingerprint density at radius 2 is 2.00 bits per heavy atom. The molecule has 1 aliphatic carbocycles. The van der Waals surface area contributed by atoms with Crippen molar-refractivity contribution in [3.05, 3.63) is 27.7 Å². The van der Waals surface area contributed by atoms with Crippen molar-refractivity contribution in [1.82, 2.24) is 0 Å². The first-order valence-corrected chi connectivity index (χ1v) is 6.23. The maximum atomic E-state index is 9.21. The lowest BCUT2D eigenvalue weighted by Gasteiger charge is -2.12. The molecule has 0 aliphatic heterocycles. The maximum Gasteiger partial charge on any atom is 0.133 e. The lowest BCUT2D eigenvalue weighted by molar-refractivity contribution is 0.0533. The molecule has 1 aromatic carbocycles. The first-order chi connectivity index (χ1) is 7.70. The average molecular weight is 287 g/mol. The van der Waals surface area contributed by atoms with Gasteiger partial charge in [0.15, 0.2) is 0 Å². The summed E-state index contributed by atoms with van der Waals surface area (Å²) >= 11 is 3.45. The van der Waals surface area contributed by atoms with Crippen LogP contribution >= 0.6 is 15.9 Å². The number of aliphatic hydroxyl groups excluding tert-OH is 2. The van der Waals surface area contributed by atoms with E-state index in [0.29, 0.717) is 0 Å². The second-order valence-electron chi connectivity index (χ2n) is 4.05. The zero-order valence-electron chi connectivity index (χ0n) is 8.95. The molecule has 4 heteroatoms. The molecule has 3 nitrogen and oxygen atoms in total. The van der Waals surface area contributed by atoms with Gasteiger partial charge in [-0.3, -0.25) is 0 Å². The van der Waals surface area contributed by atoms with Crippen LogP contribution in [0.25, 0.3) is 0 Å². The Morgan fingerprint density at radius 1 is 1.31 bits per heavy atom. The highest BCUT2D eigenvalue weighted by Crippen LogP contribution is 2.33. The normalized spacial score (nSPS) is 15.9. The van der Waals surface area contributed by atoms with Crippen molar-refractivity contribution >= 4 is 15.9 Å². The zero-order chi connectivity index (χ0) is 11.5. The number of hydrogen-bond acceptors (Lipinski definition) is 3. The minimum Gasteiger partial charge on any atom is -0.490 e. The number of rotatable bonds is 4. The largest absolute Gasteiger partial charge is 0.490 e. The van der Waals surface area contributed by atoms with E-state index in [1.807, 2.05) is 6.07 Å². The quantitative estimate of drug-likeness (QED) is 0.885. The van der Waals surface area contributed by atoms with Gasteiger partial charge in [0.25, 0.3) is 0 Å². The van der Waals surface area contributed by atoms with E-state index >= 15 is 0 Å².